The third-order valence-electron chi connectivity index (χ3n) is 4.97. The SMILES string of the molecule is COc1ccc(S(=O)(=O)N(CC(=O)N[C@H](C)c2ccc(F)cc2)Cc2ccccc2)cc1. The topological polar surface area (TPSA) is 75.7 Å². The van der Waals surface area contributed by atoms with Gasteiger partial charge >= 0.3 is 0 Å². The zero-order chi connectivity index (χ0) is 23.1. The van der Waals surface area contributed by atoms with Gasteiger partial charge in [0, 0.05) is 6.54 Å². The van der Waals surface area contributed by atoms with E-state index in [4.69, 9.17) is 4.74 Å². The summed E-state index contributed by atoms with van der Waals surface area (Å²) >= 11 is 0. The number of hydrogen-bond acceptors (Lipinski definition) is 4. The van der Waals surface area contributed by atoms with Gasteiger partial charge in [-0.3, -0.25) is 4.79 Å². The second-order valence-electron chi connectivity index (χ2n) is 7.27. The van der Waals surface area contributed by atoms with Crippen molar-refractivity contribution in [2.75, 3.05) is 13.7 Å². The van der Waals surface area contributed by atoms with Crippen molar-refractivity contribution in [3.05, 3.63) is 95.8 Å². The largest absolute Gasteiger partial charge is 0.497 e. The fraction of sp³-hybridized carbons (Fsp3) is 0.208. The molecule has 3 rings (SSSR count). The Morgan fingerprint density at radius 3 is 2.22 bits per heavy atom. The Morgan fingerprint density at radius 2 is 1.62 bits per heavy atom. The summed E-state index contributed by atoms with van der Waals surface area (Å²) in [7, 11) is -2.46. The van der Waals surface area contributed by atoms with Crippen LogP contribution in [0.4, 0.5) is 4.39 Å². The van der Waals surface area contributed by atoms with Gasteiger partial charge < -0.3 is 10.1 Å². The van der Waals surface area contributed by atoms with Gasteiger partial charge in [-0.2, -0.15) is 4.31 Å². The highest BCUT2D eigenvalue weighted by Crippen LogP contribution is 2.21. The molecule has 3 aromatic rings. The van der Waals surface area contributed by atoms with Gasteiger partial charge in [-0.25, -0.2) is 12.8 Å². The van der Waals surface area contributed by atoms with Crippen molar-refractivity contribution in [1.82, 2.24) is 9.62 Å². The molecule has 0 fully saturated rings. The number of carbonyl (C=O) groups is 1. The number of sulfonamides is 1. The van der Waals surface area contributed by atoms with E-state index in [1.165, 1.54) is 31.4 Å². The lowest BCUT2D eigenvalue weighted by atomic mass is 10.1. The Balaban J connectivity index is 1.81. The quantitative estimate of drug-likeness (QED) is 0.530. The van der Waals surface area contributed by atoms with Crippen LogP contribution in [0.25, 0.3) is 0 Å². The highest BCUT2D eigenvalue weighted by Gasteiger charge is 2.27. The number of amides is 1. The summed E-state index contributed by atoms with van der Waals surface area (Å²) in [6.45, 7) is 1.42. The summed E-state index contributed by atoms with van der Waals surface area (Å²) in [5.41, 5.74) is 1.47. The van der Waals surface area contributed by atoms with Crippen molar-refractivity contribution in [2.45, 2.75) is 24.4 Å². The molecule has 168 valence electrons. The Bertz CT molecular complexity index is 1130. The van der Waals surface area contributed by atoms with E-state index in [9.17, 15) is 17.6 Å². The van der Waals surface area contributed by atoms with E-state index in [1.54, 1.807) is 43.3 Å². The van der Waals surface area contributed by atoms with E-state index in [1.807, 2.05) is 18.2 Å². The number of hydrogen-bond donors (Lipinski definition) is 1. The molecule has 0 saturated carbocycles. The van der Waals surface area contributed by atoms with Gasteiger partial charge in [-0.15, -0.1) is 0 Å². The molecule has 0 saturated heterocycles. The molecule has 6 nitrogen and oxygen atoms in total. The van der Waals surface area contributed by atoms with Crippen molar-refractivity contribution in [1.29, 1.82) is 0 Å². The van der Waals surface area contributed by atoms with Crippen LogP contribution in [0.5, 0.6) is 5.75 Å². The predicted octanol–water partition coefficient (Wildman–Crippen LogP) is 3.90. The van der Waals surface area contributed by atoms with Gasteiger partial charge in [-0.05, 0) is 54.4 Å². The average Bonchev–Trinajstić information content (AvgIpc) is 2.79. The molecule has 0 aliphatic carbocycles. The third-order valence-corrected chi connectivity index (χ3v) is 6.77. The fourth-order valence-electron chi connectivity index (χ4n) is 3.19. The number of nitrogens with one attached hydrogen (secondary N) is 1. The van der Waals surface area contributed by atoms with E-state index in [2.05, 4.69) is 5.32 Å². The van der Waals surface area contributed by atoms with E-state index in [0.29, 0.717) is 11.3 Å². The molecule has 1 amide bonds. The third kappa shape index (κ3) is 5.93. The second kappa shape index (κ2) is 10.4. The number of carbonyl (C=O) groups excluding carboxylic acids is 1. The summed E-state index contributed by atoms with van der Waals surface area (Å²) in [6.07, 6.45) is 0. The average molecular weight is 457 g/mol. The maximum atomic E-state index is 13.3. The minimum Gasteiger partial charge on any atom is -0.497 e. The number of benzene rings is 3. The van der Waals surface area contributed by atoms with Gasteiger partial charge in [0.05, 0.1) is 24.6 Å². The Hall–Kier alpha value is -3.23. The van der Waals surface area contributed by atoms with Crippen LogP contribution in [0, 0.1) is 5.82 Å². The molecule has 1 atom stereocenters. The lowest BCUT2D eigenvalue weighted by Crippen LogP contribution is -2.41. The number of rotatable bonds is 9. The lowest BCUT2D eigenvalue weighted by Gasteiger charge is -2.23. The second-order valence-corrected chi connectivity index (χ2v) is 9.21. The van der Waals surface area contributed by atoms with Crippen LogP contribution in [0.2, 0.25) is 0 Å². The van der Waals surface area contributed by atoms with E-state index < -0.39 is 22.0 Å². The first-order valence-electron chi connectivity index (χ1n) is 10.0. The molecule has 0 aliphatic rings. The van der Waals surface area contributed by atoms with Crippen molar-refractivity contribution in [2.24, 2.45) is 0 Å². The lowest BCUT2D eigenvalue weighted by molar-refractivity contribution is -0.122. The van der Waals surface area contributed by atoms with Crippen LogP contribution >= 0.6 is 0 Å². The number of ether oxygens (including phenoxy) is 1. The Kier molecular flexibility index (Phi) is 7.61. The molecule has 0 aromatic heterocycles. The van der Waals surface area contributed by atoms with Crippen LogP contribution in [0.1, 0.15) is 24.1 Å². The van der Waals surface area contributed by atoms with Crippen LogP contribution in [-0.2, 0) is 21.4 Å². The first kappa shape index (κ1) is 23.4. The van der Waals surface area contributed by atoms with Gasteiger partial charge in [0.2, 0.25) is 15.9 Å². The van der Waals surface area contributed by atoms with Crippen molar-refractivity contribution in [3.63, 3.8) is 0 Å². The molecule has 32 heavy (non-hydrogen) atoms. The molecule has 0 radical (unpaired) electrons. The predicted molar refractivity (Wildman–Crippen MR) is 120 cm³/mol. The van der Waals surface area contributed by atoms with Gasteiger partial charge in [0.15, 0.2) is 0 Å². The van der Waals surface area contributed by atoms with Gasteiger partial charge in [-0.1, -0.05) is 42.5 Å². The summed E-state index contributed by atoms with van der Waals surface area (Å²) < 4.78 is 46.1. The minimum atomic E-state index is -3.96. The van der Waals surface area contributed by atoms with Crippen LogP contribution in [-0.4, -0.2) is 32.3 Å². The molecule has 0 spiro atoms. The first-order valence-corrected chi connectivity index (χ1v) is 11.5. The summed E-state index contributed by atoms with van der Waals surface area (Å²) in [5, 5.41) is 2.79. The highest BCUT2D eigenvalue weighted by atomic mass is 32.2. The summed E-state index contributed by atoms with van der Waals surface area (Å²) in [5.74, 6) is -0.300. The Morgan fingerprint density at radius 1 is 1.00 bits per heavy atom. The molecular weight excluding hydrogens is 431 g/mol. The molecule has 0 aliphatic heterocycles. The van der Waals surface area contributed by atoms with E-state index >= 15 is 0 Å². The highest BCUT2D eigenvalue weighted by molar-refractivity contribution is 7.89. The number of nitrogens with zero attached hydrogens (tertiary/aromatic N) is 1. The minimum absolute atomic E-state index is 0.0353. The number of halogens is 1. The van der Waals surface area contributed by atoms with Crippen LogP contribution in [0.3, 0.4) is 0 Å². The Labute approximate surface area is 187 Å². The van der Waals surface area contributed by atoms with Crippen LogP contribution in [0.15, 0.2) is 83.8 Å². The summed E-state index contributed by atoms with van der Waals surface area (Å²) in [4.78, 5) is 12.8. The molecule has 1 N–H and O–H groups in total. The fourth-order valence-corrected chi connectivity index (χ4v) is 4.58. The standard InChI is InChI=1S/C24H25FN2O4S/c1-18(20-8-10-21(25)11-9-20)26-24(28)17-27(16-19-6-4-3-5-7-19)32(29,30)23-14-12-22(31-2)13-15-23/h3-15,18H,16-17H2,1-2H3,(H,26,28)/t18-/m1/s1. The van der Waals surface area contributed by atoms with Gasteiger partial charge in [0.1, 0.15) is 11.6 Å². The number of methoxy groups -OCH3 is 1. The maximum Gasteiger partial charge on any atom is 0.243 e. The van der Waals surface area contributed by atoms with Crippen molar-refractivity contribution >= 4 is 15.9 Å². The molecule has 0 heterocycles. The van der Waals surface area contributed by atoms with E-state index in [0.717, 1.165) is 9.87 Å². The molecule has 0 unspecified atom stereocenters. The molecule has 3 aromatic carbocycles. The maximum absolute atomic E-state index is 13.3. The summed E-state index contributed by atoms with van der Waals surface area (Å²) in [6, 6.07) is 20.5. The van der Waals surface area contributed by atoms with Crippen molar-refractivity contribution in [3.8, 4) is 5.75 Å². The smallest absolute Gasteiger partial charge is 0.243 e. The molecular formula is C24H25FN2O4S. The normalized spacial score (nSPS) is 12.4. The molecule has 8 heteroatoms. The first-order chi connectivity index (χ1) is 15.3. The monoisotopic (exact) mass is 456 g/mol. The van der Waals surface area contributed by atoms with Crippen LogP contribution < -0.4 is 10.1 Å². The zero-order valence-electron chi connectivity index (χ0n) is 17.9. The molecule has 0 bridgehead atoms. The van der Waals surface area contributed by atoms with Crippen molar-refractivity contribution < 1.29 is 22.3 Å². The van der Waals surface area contributed by atoms with E-state index in [-0.39, 0.29) is 23.8 Å². The zero-order valence-corrected chi connectivity index (χ0v) is 18.7. The van der Waals surface area contributed by atoms with Gasteiger partial charge in [0.25, 0.3) is 0 Å².